The molecule has 1 unspecified atom stereocenters. The first kappa shape index (κ1) is 23.7. The zero-order valence-corrected chi connectivity index (χ0v) is 19.9. The number of anilines is 1. The molecule has 0 fully saturated rings. The van der Waals surface area contributed by atoms with Crippen molar-refractivity contribution < 1.29 is 14.7 Å². The van der Waals surface area contributed by atoms with Gasteiger partial charge >= 0.3 is 5.97 Å². The molecule has 9 nitrogen and oxygen atoms in total. The van der Waals surface area contributed by atoms with Crippen LogP contribution in [-0.2, 0) is 17.8 Å². The van der Waals surface area contributed by atoms with Crippen molar-refractivity contribution in [1.82, 2.24) is 25.1 Å². The Kier molecular flexibility index (Phi) is 6.96. The smallest absolute Gasteiger partial charge is 0.326 e. The quantitative estimate of drug-likeness (QED) is 0.295. The molecule has 0 bridgehead atoms. The number of hydrogen-bond acceptors (Lipinski definition) is 5. The molecule has 35 heavy (non-hydrogen) atoms. The van der Waals surface area contributed by atoms with Gasteiger partial charge < -0.3 is 20.7 Å². The van der Waals surface area contributed by atoms with Gasteiger partial charge in [0.05, 0.1) is 11.9 Å². The van der Waals surface area contributed by atoms with Gasteiger partial charge in [-0.3, -0.25) is 4.79 Å². The number of hydrogen-bond donors (Lipinski definition) is 4. The van der Waals surface area contributed by atoms with E-state index in [1.54, 1.807) is 23.3 Å². The molecule has 0 saturated carbocycles. The van der Waals surface area contributed by atoms with Crippen LogP contribution in [0.3, 0.4) is 0 Å². The van der Waals surface area contributed by atoms with Crippen LogP contribution in [0.4, 0.5) is 5.95 Å². The van der Waals surface area contributed by atoms with E-state index in [1.165, 1.54) is 0 Å². The number of carbonyl (C=O) groups is 2. The third-order valence-corrected chi connectivity index (χ3v) is 5.74. The fourth-order valence-corrected chi connectivity index (χ4v) is 4.13. The zero-order chi connectivity index (χ0) is 24.9. The molecule has 2 heterocycles. The first-order valence-electron chi connectivity index (χ1n) is 11.3. The fourth-order valence-electron chi connectivity index (χ4n) is 4.13. The Hall–Kier alpha value is -4.40. The maximum Gasteiger partial charge on any atom is 0.326 e. The van der Waals surface area contributed by atoms with E-state index in [0.29, 0.717) is 18.1 Å². The summed E-state index contributed by atoms with van der Waals surface area (Å²) in [5.74, 6) is -0.767. The van der Waals surface area contributed by atoms with Gasteiger partial charge in [-0.25, -0.2) is 14.5 Å². The number of carboxylic acid groups (broad SMARTS) is 1. The van der Waals surface area contributed by atoms with Gasteiger partial charge in [-0.05, 0) is 49.6 Å². The molecule has 0 aliphatic carbocycles. The van der Waals surface area contributed by atoms with Crippen molar-refractivity contribution in [1.29, 1.82) is 0 Å². The van der Waals surface area contributed by atoms with Crippen molar-refractivity contribution in [3.63, 3.8) is 0 Å². The van der Waals surface area contributed by atoms with E-state index in [0.717, 1.165) is 33.5 Å². The summed E-state index contributed by atoms with van der Waals surface area (Å²) in [6, 6.07) is 10.2. The van der Waals surface area contributed by atoms with Gasteiger partial charge in [0, 0.05) is 42.7 Å². The molecule has 1 atom stereocenters. The van der Waals surface area contributed by atoms with Crippen LogP contribution in [0.2, 0.25) is 0 Å². The van der Waals surface area contributed by atoms with Crippen LogP contribution in [-0.4, -0.2) is 42.8 Å². The highest BCUT2D eigenvalue weighted by Gasteiger charge is 2.23. The largest absolute Gasteiger partial charge is 0.480 e. The summed E-state index contributed by atoms with van der Waals surface area (Å²) in [7, 11) is 0. The van der Waals surface area contributed by atoms with Gasteiger partial charge in [-0.15, -0.1) is 0 Å². The lowest BCUT2D eigenvalue weighted by atomic mass is 9.98. The number of carboxylic acids is 1. The maximum atomic E-state index is 12.9. The number of nitrogens with one attached hydrogen (secondary N) is 3. The Bertz CT molecular complexity index is 1300. The molecule has 0 radical (unpaired) electrons. The second-order valence-corrected chi connectivity index (χ2v) is 8.59. The number of imidazole rings is 1. The molecule has 0 saturated heterocycles. The van der Waals surface area contributed by atoms with E-state index in [1.807, 2.05) is 63.4 Å². The van der Waals surface area contributed by atoms with E-state index in [9.17, 15) is 14.7 Å². The molecule has 2 aromatic carbocycles. The number of benzene rings is 2. The second kappa shape index (κ2) is 10.3. The third kappa shape index (κ3) is 5.75. The van der Waals surface area contributed by atoms with E-state index < -0.39 is 12.0 Å². The van der Waals surface area contributed by atoms with Gasteiger partial charge in [0.25, 0.3) is 5.91 Å². The predicted octanol–water partition coefficient (Wildman–Crippen LogP) is 3.56. The van der Waals surface area contributed by atoms with Crippen molar-refractivity contribution in [3.05, 3.63) is 94.6 Å². The number of aromatic amines is 1. The lowest BCUT2D eigenvalue weighted by molar-refractivity contribution is -0.139. The third-order valence-electron chi connectivity index (χ3n) is 5.74. The average molecular weight is 473 g/mol. The second-order valence-electron chi connectivity index (χ2n) is 8.59. The summed E-state index contributed by atoms with van der Waals surface area (Å²) >= 11 is 0. The molecule has 0 aliphatic heterocycles. The Morgan fingerprint density at radius 1 is 1.09 bits per heavy atom. The molecule has 4 aromatic rings. The van der Waals surface area contributed by atoms with Gasteiger partial charge in [0.2, 0.25) is 0 Å². The van der Waals surface area contributed by atoms with Crippen molar-refractivity contribution >= 4 is 17.8 Å². The van der Waals surface area contributed by atoms with E-state index in [4.69, 9.17) is 0 Å². The van der Waals surface area contributed by atoms with Crippen LogP contribution in [0, 0.1) is 20.8 Å². The minimum Gasteiger partial charge on any atom is -0.480 e. The Labute approximate surface area is 203 Å². The molecule has 4 rings (SSSR count). The summed E-state index contributed by atoms with van der Waals surface area (Å²) in [5.41, 5.74) is 5.86. The standard InChI is InChI=1S/C26H28N6O3/c1-16-10-17(2)23(18(3)11-16)24(33)31-22(25(34)35)12-19-4-6-21(7-5-19)32-15-20(14-30-32)13-29-26-27-8-9-28-26/h4-11,14-15,22H,12-13H2,1-3H3,(H,31,33)(H,34,35)(H2,27,28,29). The molecule has 9 heteroatoms. The molecule has 2 aromatic heterocycles. The van der Waals surface area contributed by atoms with Crippen molar-refractivity contribution in [2.24, 2.45) is 0 Å². The number of carbonyl (C=O) groups excluding carboxylic acids is 1. The van der Waals surface area contributed by atoms with E-state index >= 15 is 0 Å². The number of aromatic nitrogens is 4. The highest BCUT2D eigenvalue weighted by atomic mass is 16.4. The van der Waals surface area contributed by atoms with Crippen molar-refractivity contribution in [2.45, 2.75) is 39.8 Å². The lowest BCUT2D eigenvalue weighted by Crippen LogP contribution is -2.42. The maximum absolute atomic E-state index is 12.9. The summed E-state index contributed by atoms with van der Waals surface area (Å²) < 4.78 is 1.75. The van der Waals surface area contributed by atoms with Crippen LogP contribution in [0.1, 0.15) is 38.2 Å². The summed E-state index contributed by atoms with van der Waals surface area (Å²) in [6.07, 6.45) is 7.28. The fraction of sp³-hybridized carbons (Fsp3) is 0.231. The number of amides is 1. The molecule has 0 aliphatic rings. The van der Waals surface area contributed by atoms with Crippen LogP contribution in [0.25, 0.3) is 5.69 Å². The van der Waals surface area contributed by atoms with Gasteiger partial charge in [-0.1, -0.05) is 29.8 Å². The predicted molar refractivity (Wildman–Crippen MR) is 133 cm³/mol. The highest BCUT2D eigenvalue weighted by Crippen LogP contribution is 2.17. The first-order valence-corrected chi connectivity index (χ1v) is 11.3. The minimum atomic E-state index is -1.08. The van der Waals surface area contributed by atoms with Crippen molar-refractivity contribution in [3.8, 4) is 5.69 Å². The zero-order valence-electron chi connectivity index (χ0n) is 19.9. The molecule has 0 spiro atoms. The van der Waals surface area contributed by atoms with E-state index in [2.05, 4.69) is 25.7 Å². The lowest BCUT2D eigenvalue weighted by Gasteiger charge is -2.17. The van der Waals surface area contributed by atoms with E-state index in [-0.39, 0.29) is 12.3 Å². The summed E-state index contributed by atoms with van der Waals surface area (Å²) in [6.45, 7) is 6.26. The number of aryl methyl sites for hydroxylation is 3. The SMILES string of the molecule is Cc1cc(C)c(C(=O)NC(Cc2ccc(-n3cc(CNc4ncc[nH]4)cn3)cc2)C(=O)O)c(C)c1. The number of rotatable bonds is 9. The minimum absolute atomic E-state index is 0.169. The summed E-state index contributed by atoms with van der Waals surface area (Å²) in [5, 5.41) is 20.0. The Morgan fingerprint density at radius 2 is 1.80 bits per heavy atom. The number of H-pyrrole nitrogens is 1. The first-order chi connectivity index (χ1) is 16.8. The highest BCUT2D eigenvalue weighted by molar-refractivity contribution is 5.99. The summed E-state index contributed by atoms with van der Waals surface area (Å²) in [4.78, 5) is 31.9. The molecule has 4 N–H and O–H groups in total. The average Bonchev–Trinajstić information content (AvgIpc) is 3.49. The Balaban J connectivity index is 1.41. The number of nitrogens with zero attached hydrogens (tertiary/aromatic N) is 3. The molecule has 180 valence electrons. The van der Waals surface area contributed by atoms with Crippen LogP contribution < -0.4 is 10.6 Å². The number of aliphatic carboxylic acids is 1. The topological polar surface area (TPSA) is 125 Å². The van der Waals surface area contributed by atoms with Crippen LogP contribution in [0.5, 0.6) is 0 Å². The monoisotopic (exact) mass is 472 g/mol. The van der Waals surface area contributed by atoms with Gasteiger partial charge in [-0.2, -0.15) is 5.10 Å². The Morgan fingerprint density at radius 3 is 2.43 bits per heavy atom. The molecular weight excluding hydrogens is 444 g/mol. The normalized spacial score (nSPS) is 11.7. The van der Waals surface area contributed by atoms with Crippen LogP contribution in [0.15, 0.2) is 61.2 Å². The van der Waals surface area contributed by atoms with Crippen molar-refractivity contribution in [2.75, 3.05) is 5.32 Å². The molecule has 1 amide bonds. The van der Waals surface area contributed by atoms with Gasteiger partial charge in [0.15, 0.2) is 5.95 Å². The van der Waals surface area contributed by atoms with Gasteiger partial charge in [0.1, 0.15) is 6.04 Å². The van der Waals surface area contributed by atoms with Crippen LogP contribution >= 0.6 is 0 Å². The molecular formula is C26H28N6O3.